The highest BCUT2D eigenvalue weighted by Gasteiger charge is 2.24. The maximum absolute atomic E-state index is 13.5. The Hall–Kier alpha value is -2.34. The lowest BCUT2D eigenvalue weighted by atomic mass is 10.00. The monoisotopic (exact) mass is 279 g/mol. The number of hydrogen-bond acceptors (Lipinski definition) is 3. The largest absolute Gasteiger partial charge is 0.388 e. The summed E-state index contributed by atoms with van der Waals surface area (Å²) in [6.07, 6.45) is -1.31. The van der Waals surface area contributed by atoms with Crippen molar-refractivity contribution < 1.29 is 18.8 Å². The molecule has 2 aromatic rings. The van der Waals surface area contributed by atoms with E-state index in [-0.39, 0.29) is 12.0 Å². The van der Waals surface area contributed by atoms with Crippen molar-refractivity contribution in [1.29, 1.82) is 0 Å². The van der Waals surface area contributed by atoms with Crippen molar-refractivity contribution in [3.63, 3.8) is 0 Å². The zero-order valence-electron chi connectivity index (χ0n) is 10.3. The molecule has 0 heterocycles. The minimum absolute atomic E-state index is 0.177. The fourth-order valence-electron chi connectivity index (χ4n) is 1.98. The fourth-order valence-corrected chi connectivity index (χ4v) is 1.98. The molecule has 0 saturated carbocycles. The summed E-state index contributed by atoms with van der Waals surface area (Å²) in [5.41, 5.74) is -0.461. The summed E-state index contributed by atoms with van der Waals surface area (Å²) < 4.78 is 26.6. The summed E-state index contributed by atoms with van der Waals surface area (Å²) in [4.78, 5) is 9.92. The Bertz CT molecular complexity index is 632. The number of aliphatic hydroxyl groups excluding tert-OH is 1. The number of rotatable bonds is 4. The average Bonchev–Trinajstić information content (AvgIpc) is 2.38. The molecule has 0 aliphatic carbocycles. The molecule has 6 heteroatoms. The zero-order valence-corrected chi connectivity index (χ0v) is 10.3. The molecule has 1 atom stereocenters. The van der Waals surface area contributed by atoms with E-state index in [0.29, 0.717) is 11.6 Å². The number of nitro benzene ring substituents is 1. The fraction of sp³-hybridized carbons (Fsp3) is 0.143. The molecule has 0 bridgehead atoms. The van der Waals surface area contributed by atoms with Crippen LogP contribution >= 0.6 is 0 Å². The second-order valence-electron chi connectivity index (χ2n) is 4.28. The van der Waals surface area contributed by atoms with Gasteiger partial charge in [-0.1, -0.05) is 30.3 Å². The number of benzene rings is 2. The molecular weight excluding hydrogens is 268 g/mol. The Morgan fingerprint density at radius 3 is 2.45 bits per heavy atom. The number of aliphatic hydroxyl groups is 1. The van der Waals surface area contributed by atoms with Gasteiger partial charge in [0.05, 0.1) is 11.0 Å². The third-order valence-corrected chi connectivity index (χ3v) is 2.89. The van der Waals surface area contributed by atoms with E-state index in [9.17, 15) is 24.0 Å². The van der Waals surface area contributed by atoms with Crippen molar-refractivity contribution in [3.05, 3.63) is 75.3 Å². The third-order valence-electron chi connectivity index (χ3n) is 2.89. The molecular formula is C14H11F2NO3. The van der Waals surface area contributed by atoms with Gasteiger partial charge in [0.15, 0.2) is 0 Å². The van der Waals surface area contributed by atoms with E-state index in [1.165, 1.54) is 0 Å². The van der Waals surface area contributed by atoms with Gasteiger partial charge in [0.1, 0.15) is 5.82 Å². The van der Waals surface area contributed by atoms with Crippen LogP contribution in [0.4, 0.5) is 14.5 Å². The molecule has 0 aromatic heterocycles. The van der Waals surface area contributed by atoms with Crippen molar-refractivity contribution in [3.8, 4) is 0 Å². The first-order valence-electron chi connectivity index (χ1n) is 5.84. The van der Waals surface area contributed by atoms with Crippen LogP contribution in [0.1, 0.15) is 17.2 Å². The smallest absolute Gasteiger partial charge is 0.308 e. The molecule has 0 fully saturated rings. The summed E-state index contributed by atoms with van der Waals surface area (Å²) in [7, 11) is 0. The molecule has 1 unspecified atom stereocenters. The lowest BCUT2D eigenvalue weighted by molar-refractivity contribution is -0.388. The molecule has 0 aliphatic heterocycles. The number of nitro groups is 1. The van der Waals surface area contributed by atoms with Crippen LogP contribution in [0.5, 0.6) is 0 Å². The minimum atomic E-state index is -1.25. The van der Waals surface area contributed by atoms with Crippen molar-refractivity contribution in [2.24, 2.45) is 0 Å². The number of hydrogen-bond donors (Lipinski definition) is 1. The first-order valence-corrected chi connectivity index (χ1v) is 5.84. The van der Waals surface area contributed by atoms with Gasteiger partial charge in [-0.3, -0.25) is 10.1 Å². The number of halogens is 2. The maximum atomic E-state index is 13.5. The lowest BCUT2D eigenvalue weighted by Crippen LogP contribution is -2.06. The summed E-state index contributed by atoms with van der Waals surface area (Å²) in [5, 5.41) is 20.8. The van der Waals surface area contributed by atoms with Crippen LogP contribution in [0.25, 0.3) is 0 Å². The van der Waals surface area contributed by atoms with Crippen molar-refractivity contribution in [1.82, 2.24) is 0 Å². The van der Waals surface area contributed by atoms with E-state index in [4.69, 9.17) is 0 Å². The summed E-state index contributed by atoms with van der Waals surface area (Å²) >= 11 is 0. The van der Waals surface area contributed by atoms with Crippen LogP contribution in [-0.2, 0) is 6.42 Å². The van der Waals surface area contributed by atoms with Crippen molar-refractivity contribution >= 4 is 5.69 Å². The Morgan fingerprint density at radius 2 is 1.85 bits per heavy atom. The molecule has 0 saturated heterocycles. The predicted molar refractivity (Wildman–Crippen MR) is 68.1 cm³/mol. The van der Waals surface area contributed by atoms with E-state index < -0.39 is 28.3 Å². The second-order valence-corrected chi connectivity index (χ2v) is 4.28. The molecule has 1 N–H and O–H groups in total. The van der Waals surface area contributed by atoms with E-state index >= 15 is 0 Å². The Kier molecular flexibility index (Phi) is 4.05. The Balaban J connectivity index is 2.36. The van der Waals surface area contributed by atoms with E-state index in [1.54, 1.807) is 30.3 Å². The quantitative estimate of drug-likeness (QED) is 0.690. The Labute approximate surface area is 113 Å². The normalized spacial score (nSPS) is 12.2. The van der Waals surface area contributed by atoms with E-state index in [1.807, 2.05) is 0 Å². The second kappa shape index (κ2) is 5.75. The number of nitrogens with zero attached hydrogens (tertiary/aromatic N) is 1. The maximum Gasteiger partial charge on any atom is 0.308 e. The topological polar surface area (TPSA) is 63.4 Å². The first-order chi connectivity index (χ1) is 9.49. The van der Waals surface area contributed by atoms with Crippen LogP contribution in [0, 0.1) is 21.7 Å². The zero-order chi connectivity index (χ0) is 14.7. The summed E-state index contributed by atoms with van der Waals surface area (Å²) in [6.45, 7) is 0. The molecule has 0 spiro atoms. The van der Waals surface area contributed by atoms with Crippen LogP contribution in [0.2, 0.25) is 0 Å². The van der Waals surface area contributed by atoms with Crippen LogP contribution in [0.3, 0.4) is 0 Å². The highest BCUT2D eigenvalue weighted by Crippen LogP contribution is 2.28. The van der Waals surface area contributed by atoms with Gasteiger partial charge in [-0.2, -0.15) is 4.39 Å². The van der Waals surface area contributed by atoms with Crippen molar-refractivity contribution in [2.45, 2.75) is 12.5 Å². The van der Waals surface area contributed by atoms with Gasteiger partial charge in [-0.25, -0.2) is 4.39 Å². The van der Waals surface area contributed by atoms with Crippen LogP contribution in [0.15, 0.2) is 42.5 Å². The highest BCUT2D eigenvalue weighted by molar-refractivity contribution is 5.43. The predicted octanol–water partition coefficient (Wildman–Crippen LogP) is 3.15. The van der Waals surface area contributed by atoms with Gasteiger partial charge in [-0.05, 0) is 11.6 Å². The molecule has 0 amide bonds. The first kappa shape index (κ1) is 14.1. The molecule has 0 radical (unpaired) electrons. The summed E-state index contributed by atoms with van der Waals surface area (Å²) in [6, 6.07) is 9.72. The van der Waals surface area contributed by atoms with E-state index in [0.717, 1.165) is 6.07 Å². The van der Waals surface area contributed by atoms with Gasteiger partial charge >= 0.3 is 5.69 Å². The lowest BCUT2D eigenvalue weighted by Gasteiger charge is -2.11. The van der Waals surface area contributed by atoms with Gasteiger partial charge < -0.3 is 5.11 Å². The molecule has 0 aliphatic rings. The van der Waals surface area contributed by atoms with Gasteiger partial charge in [-0.15, -0.1) is 0 Å². The molecule has 2 aromatic carbocycles. The third kappa shape index (κ3) is 2.97. The van der Waals surface area contributed by atoms with Gasteiger partial charge in [0, 0.05) is 18.1 Å². The van der Waals surface area contributed by atoms with Crippen LogP contribution in [-0.4, -0.2) is 10.0 Å². The SMILES string of the molecule is O=[N+]([O-])c1c(F)cc(F)cc1CC(O)c1ccccc1. The minimum Gasteiger partial charge on any atom is -0.388 e. The van der Waals surface area contributed by atoms with Crippen LogP contribution < -0.4 is 0 Å². The highest BCUT2D eigenvalue weighted by atomic mass is 19.1. The summed E-state index contributed by atoms with van der Waals surface area (Å²) in [5.74, 6) is -2.16. The molecule has 20 heavy (non-hydrogen) atoms. The molecule has 2 rings (SSSR count). The molecule has 104 valence electrons. The van der Waals surface area contributed by atoms with Gasteiger partial charge in [0.25, 0.3) is 0 Å². The average molecular weight is 279 g/mol. The molecule has 4 nitrogen and oxygen atoms in total. The Morgan fingerprint density at radius 1 is 1.20 bits per heavy atom. The van der Waals surface area contributed by atoms with Crippen molar-refractivity contribution in [2.75, 3.05) is 0 Å². The standard InChI is InChI=1S/C14H11F2NO3/c15-11-6-10(14(17(19)20)12(16)8-11)7-13(18)9-4-2-1-3-5-9/h1-6,8,13,18H,7H2. The van der Waals surface area contributed by atoms with Gasteiger partial charge in [0.2, 0.25) is 5.82 Å². The van der Waals surface area contributed by atoms with E-state index in [2.05, 4.69) is 0 Å².